The van der Waals surface area contributed by atoms with E-state index in [0.717, 1.165) is 11.2 Å². The minimum atomic E-state index is 0.0679. The van der Waals surface area contributed by atoms with Crippen LogP contribution in [-0.2, 0) is 0 Å². The molecular weight excluding hydrogens is 200 g/mol. The third-order valence-electron chi connectivity index (χ3n) is 2.91. The van der Waals surface area contributed by atoms with Crippen molar-refractivity contribution in [2.24, 2.45) is 0 Å². The van der Waals surface area contributed by atoms with Crippen LogP contribution in [0.4, 0.5) is 5.82 Å². The molecule has 0 aliphatic carbocycles. The topological polar surface area (TPSA) is 36.4 Å². The van der Waals surface area contributed by atoms with Crippen molar-refractivity contribution in [2.75, 3.05) is 18.6 Å². The summed E-state index contributed by atoms with van der Waals surface area (Å²) in [6, 6.07) is 10.2. The first-order valence-corrected chi connectivity index (χ1v) is 5.41. The van der Waals surface area contributed by atoms with Gasteiger partial charge in [-0.3, -0.25) is 0 Å². The van der Waals surface area contributed by atoms with E-state index in [9.17, 15) is 0 Å². The lowest BCUT2D eigenvalue weighted by molar-refractivity contribution is 0.270. The summed E-state index contributed by atoms with van der Waals surface area (Å²) in [6.07, 6.45) is 1.80. The predicted molar refractivity (Wildman–Crippen MR) is 66.7 cm³/mol. The van der Waals surface area contributed by atoms with E-state index in [1.54, 1.807) is 6.20 Å². The zero-order valence-electron chi connectivity index (χ0n) is 9.59. The first kappa shape index (κ1) is 10.9. The van der Waals surface area contributed by atoms with Gasteiger partial charge in [0.1, 0.15) is 5.82 Å². The van der Waals surface area contributed by atoms with Crippen molar-refractivity contribution in [3.05, 3.63) is 36.5 Å². The number of pyridine rings is 1. The zero-order chi connectivity index (χ0) is 11.5. The van der Waals surface area contributed by atoms with Crippen LogP contribution in [0.3, 0.4) is 0 Å². The maximum absolute atomic E-state index is 9.17. The molecule has 0 radical (unpaired) electrons. The second kappa shape index (κ2) is 4.49. The minimum Gasteiger partial charge on any atom is -0.394 e. The Hall–Kier alpha value is -1.61. The summed E-state index contributed by atoms with van der Waals surface area (Å²) in [5.74, 6) is 0.916. The summed E-state index contributed by atoms with van der Waals surface area (Å²) in [5.41, 5.74) is 0. The molecule has 0 aliphatic heterocycles. The van der Waals surface area contributed by atoms with Gasteiger partial charge in [-0.05, 0) is 18.4 Å². The standard InChI is InChI=1S/C13H16N2O/c1-10(9-16)15(2)13-12-6-4-3-5-11(12)7-8-14-13/h3-8,10,16H,9H2,1-2H3. The molecular formula is C13H16N2O. The second-order valence-corrected chi connectivity index (χ2v) is 4.00. The number of likely N-dealkylation sites (N-methyl/N-ethyl adjacent to an activating group) is 1. The number of hydrogen-bond donors (Lipinski definition) is 1. The SMILES string of the molecule is CC(CO)N(C)c1nccc2ccccc12. The largest absolute Gasteiger partial charge is 0.394 e. The van der Waals surface area contributed by atoms with E-state index in [0.29, 0.717) is 0 Å². The van der Waals surface area contributed by atoms with E-state index in [1.807, 2.05) is 37.1 Å². The number of fused-ring (bicyclic) bond motifs is 1. The number of aromatic nitrogens is 1. The molecule has 1 unspecified atom stereocenters. The molecule has 2 rings (SSSR count). The normalized spacial score (nSPS) is 12.7. The molecule has 1 atom stereocenters. The monoisotopic (exact) mass is 216 g/mol. The van der Waals surface area contributed by atoms with Gasteiger partial charge in [-0.15, -0.1) is 0 Å². The van der Waals surface area contributed by atoms with Crippen molar-refractivity contribution < 1.29 is 5.11 Å². The Balaban J connectivity index is 2.52. The average Bonchev–Trinajstić information content (AvgIpc) is 2.36. The number of anilines is 1. The van der Waals surface area contributed by atoms with Gasteiger partial charge in [0.25, 0.3) is 0 Å². The van der Waals surface area contributed by atoms with E-state index in [1.165, 1.54) is 5.39 Å². The molecule has 1 aromatic heterocycles. The summed E-state index contributed by atoms with van der Waals surface area (Å²) in [5, 5.41) is 11.5. The number of aliphatic hydroxyl groups excluding tert-OH is 1. The quantitative estimate of drug-likeness (QED) is 0.853. The third kappa shape index (κ3) is 1.86. The molecule has 1 aromatic carbocycles. The van der Waals surface area contributed by atoms with Crippen LogP contribution in [0.5, 0.6) is 0 Å². The van der Waals surface area contributed by atoms with Gasteiger partial charge in [0, 0.05) is 18.6 Å². The molecule has 3 nitrogen and oxygen atoms in total. The molecule has 1 N–H and O–H groups in total. The molecule has 1 heterocycles. The maximum Gasteiger partial charge on any atom is 0.136 e. The van der Waals surface area contributed by atoms with Gasteiger partial charge in [0.2, 0.25) is 0 Å². The summed E-state index contributed by atoms with van der Waals surface area (Å²) in [4.78, 5) is 6.39. The van der Waals surface area contributed by atoms with Crippen molar-refractivity contribution in [3.63, 3.8) is 0 Å². The van der Waals surface area contributed by atoms with Crippen LogP contribution in [0.1, 0.15) is 6.92 Å². The van der Waals surface area contributed by atoms with Crippen LogP contribution in [0, 0.1) is 0 Å². The average molecular weight is 216 g/mol. The number of rotatable bonds is 3. The van der Waals surface area contributed by atoms with Crippen LogP contribution in [0.25, 0.3) is 10.8 Å². The lowest BCUT2D eigenvalue weighted by Crippen LogP contribution is -2.32. The Kier molecular flexibility index (Phi) is 3.06. The fourth-order valence-corrected chi connectivity index (χ4v) is 1.72. The van der Waals surface area contributed by atoms with Crippen LogP contribution >= 0.6 is 0 Å². The highest BCUT2D eigenvalue weighted by molar-refractivity contribution is 5.92. The van der Waals surface area contributed by atoms with E-state index in [-0.39, 0.29) is 12.6 Å². The lowest BCUT2D eigenvalue weighted by atomic mass is 10.1. The van der Waals surface area contributed by atoms with E-state index >= 15 is 0 Å². The highest BCUT2D eigenvalue weighted by atomic mass is 16.3. The van der Waals surface area contributed by atoms with Gasteiger partial charge in [-0.2, -0.15) is 0 Å². The molecule has 0 spiro atoms. The van der Waals surface area contributed by atoms with Gasteiger partial charge in [-0.1, -0.05) is 24.3 Å². The van der Waals surface area contributed by atoms with Crippen molar-refractivity contribution in [2.45, 2.75) is 13.0 Å². The molecule has 0 amide bonds. The number of nitrogens with zero attached hydrogens (tertiary/aromatic N) is 2. The molecule has 0 bridgehead atoms. The van der Waals surface area contributed by atoms with Crippen molar-refractivity contribution >= 4 is 16.6 Å². The summed E-state index contributed by atoms with van der Waals surface area (Å²) < 4.78 is 0. The molecule has 0 aliphatic rings. The van der Waals surface area contributed by atoms with Gasteiger partial charge < -0.3 is 10.0 Å². The highest BCUT2D eigenvalue weighted by Crippen LogP contribution is 2.24. The minimum absolute atomic E-state index is 0.0679. The molecule has 0 saturated carbocycles. The zero-order valence-corrected chi connectivity index (χ0v) is 9.59. The molecule has 2 aromatic rings. The predicted octanol–water partition coefficient (Wildman–Crippen LogP) is 2.05. The van der Waals surface area contributed by atoms with E-state index in [2.05, 4.69) is 17.1 Å². The number of hydrogen-bond acceptors (Lipinski definition) is 3. The van der Waals surface area contributed by atoms with Gasteiger partial charge in [0.05, 0.1) is 12.6 Å². The fourth-order valence-electron chi connectivity index (χ4n) is 1.72. The maximum atomic E-state index is 9.17. The van der Waals surface area contributed by atoms with Crippen LogP contribution in [0.2, 0.25) is 0 Å². The molecule has 0 fully saturated rings. The first-order valence-electron chi connectivity index (χ1n) is 5.41. The second-order valence-electron chi connectivity index (χ2n) is 4.00. The Labute approximate surface area is 95.3 Å². The van der Waals surface area contributed by atoms with E-state index < -0.39 is 0 Å². The summed E-state index contributed by atoms with van der Waals surface area (Å²) in [7, 11) is 1.95. The molecule has 0 saturated heterocycles. The van der Waals surface area contributed by atoms with Crippen LogP contribution < -0.4 is 4.90 Å². The first-order chi connectivity index (χ1) is 7.74. The fraction of sp³-hybridized carbons (Fsp3) is 0.308. The third-order valence-corrected chi connectivity index (χ3v) is 2.91. The number of benzene rings is 1. The van der Waals surface area contributed by atoms with Crippen LogP contribution in [-0.4, -0.2) is 29.8 Å². The summed E-state index contributed by atoms with van der Waals surface area (Å²) in [6.45, 7) is 2.10. The van der Waals surface area contributed by atoms with Crippen molar-refractivity contribution in [1.29, 1.82) is 0 Å². The Morgan fingerprint density at radius 1 is 1.31 bits per heavy atom. The highest BCUT2D eigenvalue weighted by Gasteiger charge is 2.12. The van der Waals surface area contributed by atoms with E-state index in [4.69, 9.17) is 5.11 Å². The van der Waals surface area contributed by atoms with Gasteiger partial charge in [-0.25, -0.2) is 4.98 Å². The van der Waals surface area contributed by atoms with Crippen molar-refractivity contribution in [3.8, 4) is 0 Å². The molecule has 16 heavy (non-hydrogen) atoms. The Morgan fingerprint density at radius 2 is 2.06 bits per heavy atom. The van der Waals surface area contributed by atoms with Gasteiger partial charge in [0.15, 0.2) is 0 Å². The summed E-state index contributed by atoms with van der Waals surface area (Å²) >= 11 is 0. The Morgan fingerprint density at radius 3 is 2.81 bits per heavy atom. The number of aliphatic hydroxyl groups is 1. The van der Waals surface area contributed by atoms with Crippen molar-refractivity contribution in [1.82, 2.24) is 4.98 Å². The van der Waals surface area contributed by atoms with Gasteiger partial charge >= 0.3 is 0 Å². The molecule has 84 valence electrons. The lowest BCUT2D eigenvalue weighted by Gasteiger charge is -2.25. The van der Waals surface area contributed by atoms with Crippen LogP contribution in [0.15, 0.2) is 36.5 Å². The molecule has 3 heteroatoms. The Bertz CT molecular complexity index is 479. The smallest absolute Gasteiger partial charge is 0.136 e.